The SMILES string of the molecule is Fc1cccc(F)c1F.[LiH]. The third-order valence-corrected chi connectivity index (χ3v) is 0.904. The van der Waals surface area contributed by atoms with Gasteiger partial charge in [0.2, 0.25) is 0 Å². The van der Waals surface area contributed by atoms with Crippen LogP contribution in [0.1, 0.15) is 0 Å². The molecule has 0 spiro atoms. The van der Waals surface area contributed by atoms with Gasteiger partial charge in [-0.15, -0.1) is 0 Å². The molecule has 0 N–H and O–H groups in total. The van der Waals surface area contributed by atoms with Gasteiger partial charge in [0.05, 0.1) is 0 Å². The summed E-state index contributed by atoms with van der Waals surface area (Å²) < 4.78 is 35.9. The number of benzene rings is 1. The first-order chi connectivity index (χ1) is 4.22. The van der Waals surface area contributed by atoms with E-state index in [9.17, 15) is 13.2 Å². The topological polar surface area (TPSA) is 0 Å². The quantitative estimate of drug-likeness (QED) is 0.378. The minimum atomic E-state index is -1.42. The Morgan fingerprint density at radius 3 is 1.60 bits per heavy atom. The second-order valence-electron chi connectivity index (χ2n) is 1.54. The summed E-state index contributed by atoms with van der Waals surface area (Å²) in [6, 6.07) is 2.82. The fourth-order valence-corrected chi connectivity index (χ4v) is 0.477. The molecule has 1 aromatic carbocycles. The van der Waals surface area contributed by atoms with E-state index in [1.807, 2.05) is 0 Å². The molecular formula is C6H4F3Li. The summed E-state index contributed by atoms with van der Waals surface area (Å²) in [5, 5.41) is 0. The van der Waals surface area contributed by atoms with Gasteiger partial charge >= 0.3 is 18.9 Å². The summed E-state index contributed by atoms with van der Waals surface area (Å²) in [6.45, 7) is 0. The molecule has 0 nitrogen and oxygen atoms in total. The standard InChI is InChI=1S/C6H3F3.Li.H/c7-4-2-1-3-5(8)6(4)9;;/h1-3H;;. The van der Waals surface area contributed by atoms with Gasteiger partial charge in [0.1, 0.15) is 0 Å². The summed E-state index contributed by atoms with van der Waals surface area (Å²) in [5.74, 6) is -3.73. The van der Waals surface area contributed by atoms with Crippen LogP contribution in [0.3, 0.4) is 0 Å². The molecule has 0 unspecified atom stereocenters. The fraction of sp³-hybridized carbons (Fsp3) is 0. The van der Waals surface area contributed by atoms with Crippen molar-refractivity contribution in [2.75, 3.05) is 0 Å². The summed E-state index contributed by atoms with van der Waals surface area (Å²) >= 11 is 0. The summed E-state index contributed by atoms with van der Waals surface area (Å²) in [7, 11) is 0. The van der Waals surface area contributed by atoms with Crippen LogP contribution in [0.15, 0.2) is 18.2 Å². The second-order valence-corrected chi connectivity index (χ2v) is 1.54. The molecule has 0 aromatic heterocycles. The molecule has 4 heteroatoms. The molecule has 0 aliphatic carbocycles. The van der Waals surface area contributed by atoms with Gasteiger partial charge in [-0.3, -0.25) is 0 Å². The van der Waals surface area contributed by atoms with Gasteiger partial charge in [-0.1, -0.05) is 6.07 Å². The number of rotatable bonds is 0. The molecule has 1 aromatic rings. The first kappa shape index (κ1) is 9.61. The predicted octanol–water partition coefficient (Wildman–Crippen LogP) is 1.46. The Hall–Kier alpha value is -0.393. The Balaban J connectivity index is 0.000000810. The van der Waals surface area contributed by atoms with Gasteiger partial charge in [0.15, 0.2) is 17.5 Å². The van der Waals surface area contributed by atoms with Crippen molar-refractivity contribution in [2.24, 2.45) is 0 Å². The van der Waals surface area contributed by atoms with E-state index >= 15 is 0 Å². The fourth-order valence-electron chi connectivity index (χ4n) is 0.477. The molecule has 0 heterocycles. The first-order valence-electron chi connectivity index (χ1n) is 2.31. The van der Waals surface area contributed by atoms with Crippen molar-refractivity contribution in [1.82, 2.24) is 0 Å². The Morgan fingerprint density at radius 2 is 1.30 bits per heavy atom. The van der Waals surface area contributed by atoms with Crippen LogP contribution in [0, 0.1) is 17.5 Å². The van der Waals surface area contributed by atoms with Gasteiger partial charge in [-0.25, -0.2) is 13.2 Å². The van der Waals surface area contributed by atoms with Crippen LogP contribution < -0.4 is 0 Å². The van der Waals surface area contributed by atoms with E-state index < -0.39 is 17.5 Å². The van der Waals surface area contributed by atoms with Crippen molar-refractivity contribution in [3.8, 4) is 0 Å². The third-order valence-electron chi connectivity index (χ3n) is 0.904. The number of hydrogen-bond donors (Lipinski definition) is 0. The van der Waals surface area contributed by atoms with Gasteiger partial charge in [0.25, 0.3) is 0 Å². The molecule has 0 radical (unpaired) electrons. The van der Waals surface area contributed by atoms with Crippen LogP contribution >= 0.6 is 0 Å². The molecule has 0 saturated carbocycles. The molecule has 0 saturated heterocycles. The van der Waals surface area contributed by atoms with Crippen LogP contribution in [0.5, 0.6) is 0 Å². The monoisotopic (exact) mass is 140 g/mol. The molecule has 0 bridgehead atoms. The van der Waals surface area contributed by atoms with Crippen molar-refractivity contribution >= 4 is 18.9 Å². The van der Waals surface area contributed by atoms with Crippen molar-refractivity contribution < 1.29 is 13.2 Å². The van der Waals surface area contributed by atoms with Crippen LogP contribution in [0.2, 0.25) is 0 Å². The number of halogens is 3. The Morgan fingerprint density at radius 1 is 0.900 bits per heavy atom. The van der Waals surface area contributed by atoms with Gasteiger partial charge < -0.3 is 0 Å². The third kappa shape index (κ3) is 1.79. The van der Waals surface area contributed by atoms with Crippen LogP contribution in [-0.4, -0.2) is 18.9 Å². The predicted molar refractivity (Wildman–Crippen MR) is 33.5 cm³/mol. The molecule has 0 amide bonds. The molecule has 0 aliphatic heterocycles. The zero-order valence-corrected chi connectivity index (χ0v) is 4.37. The van der Waals surface area contributed by atoms with E-state index in [0.717, 1.165) is 18.2 Å². The molecule has 50 valence electrons. The van der Waals surface area contributed by atoms with Gasteiger partial charge in [-0.05, 0) is 12.1 Å². The average Bonchev–Trinajstić information content (AvgIpc) is 1.83. The van der Waals surface area contributed by atoms with E-state index in [4.69, 9.17) is 0 Å². The van der Waals surface area contributed by atoms with Crippen LogP contribution in [0.4, 0.5) is 13.2 Å². The first-order valence-corrected chi connectivity index (χ1v) is 2.31. The summed E-state index contributed by atoms with van der Waals surface area (Å²) in [5.41, 5.74) is 0. The Kier molecular flexibility index (Phi) is 3.55. The molecule has 1 rings (SSSR count). The normalized spacial score (nSPS) is 8.70. The van der Waals surface area contributed by atoms with E-state index in [1.165, 1.54) is 0 Å². The van der Waals surface area contributed by atoms with Crippen LogP contribution in [0.25, 0.3) is 0 Å². The zero-order valence-electron chi connectivity index (χ0n) is 4.37. The Bertz CT molecular complexity index is 204. The summed E-state index contributed by atoms with van der Waals surface area (Å²) in [4.78, 5) is 0. The van der Waals surface area contributed by atoms with E-state index in [1.54, 1.807) is 0 Å². The maximum absolute atomic E-state index is 12.0. The van der Waals surface area contributed by atoms with Gasteiger partial charge in [0, 0.05) is 0 Å². The zero-order chi connectivity index (χ0) is 6.85. The van der Waals surface area contributed by atoms with Crippen molar-refractivity contribution in [2.45, 2.75) is 0 Å². The van der Waals surface area contributed by atoms with Crippen molar-refractivity contribution in [3.05, 3.63) is 35.7 Å². The maximum atomic E-state index is 12.0. The van der Waals surface area contributed by atoms with Crippen molar-refractivity contribution in [3.63, 3.8) is 0 Å². The second kappa shape index (κ2) is 3.70. The average molecular weight is 140 g/mol. The minimum absolute atomic E-state index is 0. The van der Waals surface area contributed by atoms with E-state index in [-0.39, 0.29) is 18.9 Å². The van der Waals surface area contributed by atoms with E-state index in [2.05, 4.69) is 0 Å². The number of hydrogen-bond acceptors (Lipinski definition) is 0. The molecule has 0 fully saturated rings. The van der Waals surface area contributed by atoms with E-state index in [0.29, 0.717) is 0 Å². The molecule has 0 atom stereocenters. The molecule has 0 aliphatic rings. The molecule has 10 heavy (non-hydrogen) atoms. The molecular weight excluding hydrogens is 136 g/mol. The van der Waals surface area contributed by atoms with Crippen molar-refractivity contribution in [1.29, 1.82) is 0 Å². The Labute approximate surface area is 68.2 Å². The van der Waals surface area contributed by atoms with Crippen LogP contribution in [-0.2, 0) is 0 Å². The summed E-state index contributed by atoms with van der Waals surface area (Å²) in [6.07, 6.45) is 0. The van der Waals surface area contributed by atoms with Gasteiger partial charge in [-0.2, -0.15) is 0 Å².